The largest absolute Gasteiger partial charge is 0.349 e. The van der Waals surface area contributed by atoms with Crippen LogP contribution in [0.15, 0.2) is 17.5 Å². The molecule has 1 rings (SSSR count). The quantitative estimate of drug-likeness (QED) is 0.841. The molecular formula is C10H15NOS2. The molecule has 0 spiro atoms. The van der Waals surface area contributed by atoms with Gasteiger partial charge in [0.2, 0.25) is 0 Å². The Bertz CT molecular complexity index is 272. The van der Waals surface area contributed by atoms with Gasteiger partial charge in [0.05, 0.1) is 4.88 Å². The van der Waals surface area contributed by atoms with Crippen LogP contribution in [0.3, 0.4) is 0 Å². The highest BCUT2D eigenvalue weighted by Crippen LogP contribution is 2.09. The summed E-state index contributed by atoms with van der Waals surface area (Å²) in [4.78, 5) is 12.4. The van der Waals surface area contributed by atoms with E-state index in [1.807, 2.05) is 24.4 Å². The fraction of sp³-hybridized carbons (Fsp3) is 0.500. The molecule has 0 fully saturated rings. The van der Waals surface area contributed by atoms with Crippen LogP contribution < -0.4 is 5.32 Å². The predicted molar refractivity (Wildman–Crippen MR) is 64.2 cm³/mol. The maximum atomic E-state index is 11.6. The lowest BCUT2D eigenvalue weighted by Gasteiger charge is -2.11. The van der Waals surface area contributed by atoms with E-state index in [-0.39, 0.29) is 11.9 Å². The molecule has 1 heterocycles. The van der Waals surface area contributed by atoms with Gasteiger partial charge < -0.3 is 5.32 Å². The maximum Gasteiger partial charge on any atom is 0.261 e. The van der Waals surface area contributed by atoms with Crippen LogP contribution in [0.25, 0.3) is 0 Å². The second-order valence-corrected chi connectivity index (χ2v) is 5.07. The van der Waals surface area contributed by atoms with Crippen molar-refractivity contribution >= 4 is 29.0 Å². The van der Waals surface area contributed by atoms with Gasteiger partial charge in [-0.1, -0.05) is 6.07 Å². The van der Waals surface area contributed by atoms with E-state index in [2.05, 4.69) is 11.6 Å². The lowest BCUT2D eigenvalue weighted by atomic mass is 10.2. The summed E-state index contributed by atoms with van der Waals surface area (Å²) < 4.78 is 0. The van der Waals surface area contributed by atoms with Gasteiger partial charge in [-0.15, -0.1) is 11.3 Å². The minimum Gasteiger partial charge on any atom is -0.349 e. The average molecular weight is 229 g/mol. The van der Waals surface area contributed by atoms with Gasteiger partial charge in [0.25, 0.3) is 5.91 Å². The molecule has 1 atom stereocenters. The highest BCUT2D eigenvalue weighted by molar-refractivity contribution is 7.98. The van der Waals surface area contributed by atoms with Gasteiger partial charge in [0.15, 0.2) is 0 Å². The highest BCUT2D eigenvalue weighted by atomic mass is 32.2. The summed E-state index contributed by atoms with van der Waals surface area (Å²) in [6.45, 7) is 2.04. The molecule has 0 aliphatic carbocycles. The molecule has 0 aliphatic heterocycles. The van der Waals surface area contributed by atoms with Gasteiger partial charge in [-0.05, 0) is 36.8 Å². The fourth-order valence-electron chi connectivity index (χ4n) is 1.07. The first kappa shape index (κ1) is 11.6. The molecule has 1 aromatic rings. The van der Waals surface area contributed by atoms with Crippen LogP contribution in [0.5, 0.6) is 0 Å². The lowest BCUT2D eigenvalue weighted by molar-refractivity contribution is 0.0943. The Morgan fingerprint density at radius 2 is 2.50 bits per heavy atom. The third-order valence-corrected chi connectivity index (χ3v) is 3.39. The molecule has 0 aromatic carbocycles. The molecule has 0 aliphatic rings. The average Bonchev–Trinajstić information content (AvgIpc) is 2.67. The monoisotopic (exact) mass is 229 g/mol. The van der Waals surface area contributed by atoms with Gasteiger partial charge in [-0.3, -0.25) is 4.79 Å². The summed E-state index contributed by atoms with van der Waals surface area (Å²) in [5.41, 5.74) is 0. The summed E-state index contributed by atoms with van der Waals surface area (Å²) in [5, 5.41) is 4.89. The van der Waals surface area contributed by atoms with Crippen molar-refractivity contribution in [2.24, 2.45) is 0 Å². The molecule has 0 saturated carbocycles. The second-order valence-electron chi connectivity index (χ2n) is 3.13. The minimum atomic E-state index is 0.0496. The van der Waals surface area contributed by atoms with E-state index in [4.69, 9.17) is 0 Å². The number of hydrogen-bond donors (Lipinski definition) is 1. The van der Waals surface area contributed by atoms with Crippen LogP contribution in [0.1, 0.15) is 23.0 Å². The van der Waals surface area contributed by atoms with Crippen LogP contribution in [-0.4, -0.2) is 24.0 Å². The first-order valence-corrected chi connectivity index (χ1v) is 6.84. The van der Waals surface area contributed by atoms with Crippen LogP contribution in [0.4, 0.5) is 0 Å². The summed E-state index contributed by atoms with van der Waals surface area (Å²) >= 11 is 3.29. The van der Waals surface area contributed by atoms with Crippen molar-refractivity contribution in [2.75, 3.05) is 12.0 Å². The van der Waals surface area contributed by atoms with Gasteiger partial charge >= 0.3 is 0 Å². The molecule has 0 radical (unpaired) electrons. The summed E-state index contributed by atoms with van der Waals surface area (Å²) in [5.74, 6) is 1.14. The predicted octanol–water partition coefficient (Wildman–Crippen LogP) is 2.62. The van der Waals surface area contributed by atoms with Crippen LogP contribution in [0.2, 0.25) is 0 Å². The first-order valence-electron chi connectivity index (χ1n) is 4.57. The van der Waals surface area contributed by atoms with E-state index >= 15 is 0 Å². The smallest absolute Gasteiger partial charge is 0.261 e. The number of rotatable bonds is 5. The van der Waals surface area contributed by atoms with E-state index in [0.29, 0.717) is 0 Å². The Morgan fingerprint density at radius 1 is 1.71 bits per heavy atom. The van der Waals surface area contributed by atoms with Crippen LogP contribution >= 0.6 is 23.1 Å². The van der Waals surface area contributed by atoms with Gasteiger partial charge in [0.1, 0.15) is 0 Å². The fourth-order valence-corrected chi connectivity index (χ4v) is 2.29. The third kappa shape index (κ3) is 3.72. The van der Waals surface area contributed by atoms with E-state index in [1.165, 1.54) is 11.3 Å². The number of nitrogens with one attached hydrogen (secondary N) is 1. The topological polar surface area (TPSA) is 29.1 Å². The standard InChI is InChI=1S/C10H15NOS2/c1-8(5-7-13-2)11-10(12)9-4-3-6-14-9/h3-4,6,8H,5,7H2,1-2H3,(H,11,12). The van der Waals surface area contributed by atoms with E-state index in [0.717, 1.165) is 17.1 Å². The molecule has 0 saturated heterocycles. The minimum absolute atomic E-state index is 0.0496. The SMILES string of the molecule is CSCCC(C)NC(=O)c1cccs1. The second kappa shape index (κ2) is 6.09. The molecule has 2 nitrogen and oxygen atoms in total. The third-order valence-electron chi connectivity index (χ3n) is 1.88. The van der Waals surface area contributed by atoms with Crippen molar-refractivity contribution in [3.8, 4) is 0 Å². The highest BCUT2D eigenvalue weighted by Gasteiger charge is 2.09. The van der Waals surface area contributed by atoms with Crippen molar-refractivity contribution in [2.45, 2.75) is 19.4 Å². The number of carbonyl (C=O) groups excluding carboxylic acids is 1. The number of thiophene rings is 1. The first-order chi connectivity index (χ1) is 6.74. The van der Waals surface area contributed by atoms with Gasteiger partial charge in [0, 0.05) is 6.04 Å². The Balaban J connectivity index is 2.34. The van der Waals surface area contributed by atoms with Crippen LogP contribution in [-0.2, 0) is 0 Å². The molecular weight excluding hydrogens is 214 g/mol. The van der Waals surface area contributed by atoms with Gasteiger partial charge in [-0.2, -0.15) is 11.8 Å². The summed E-state index contributed by atoms with van der Waals surface area (Å²) in [7, 11) is 0. The maximum absolute atomic E-state index is 11.6. The van der Waals surface area contributed by atoms with Crippen molar-refractivity contribution < 1.29 is 4.79 Å². The Labute approximate surface area is 93.1 Å². The normalized spacial score (nSPS) is 12.4. The van der Waals surface area contributed by atoms with Crippen molar-refractivity contribution in [3.05, 3.63) is 22.4 Å². The van der Waals surface area contributed by atoms with Gasteiger partial charge in [-0.25, -0.2) is 0 Å². The van der Waals surface area contributed by atoms with Crippen molar-refractivity contribution in [3.63, 3.8) is 0 Å². The Morgan fingerprint density at radius 3 is 3.07 bits per heavy atom. The zero-order chi connectivity index (χ0) is 10.4. The number of hydrogen-bond acceptors (Lipinski definition) is 3. The molecule has 1 aromatic heterocycles. The zero-order valence-corrected chi connectivity index (χ0v) is 10.1. The Hall–Kier alpha value is -0.480. The molecule has 14 heavy (non-hydrogen) atoms. The number of amides is 1. The van der Waals surface area contributed by atoms with Crippen molar-refractivity contribution in [1.29, 1.82) is 0 Å². The summed E-state index contributed by atoms with van der Waals surface area (Å²) in [6, 6.07) is 4.00. The molecule has 0 bridgehead atoms. The van der Waals surface area contributed by atoms with Crippen LogP contribution in [0, 0.1) is 0 Å². The molecule has 4 heteroatoms. The Kier molecular flexibility index (Phi) is 5.04. The lowest BCUT2D eigenvalue weighted by Crippen LogP contribution is -2.32. The van der Waals surface area contributed by atoms with E-state index in [9.17, 15) is 4.79 Å². The van der Waals surface area contributed by atoms with E-state index in [1.54, 1.807) is 11.8 Å². The zero-order valence-electron chi connectivity index (χ0n) is 8.45. The molecule has 1 unspecified atom stereocenters. The summed E-state index contributed by atoms with van der Waals surface area (Å²) in [6.07, 6.45) is 3.10. The molecule has 1 N–H and O–H groups in total. The number of carbonyl (C=O) groups is 1. The molecule has 78 valence electrons. The number of thioether (sulfide) groups is 1. The van der Waals surface area contributed by atoms with Crippen molar-refractivity contribution in [1.82, 2.24) is 5.32 Å². The van der Waals surface area contributed by atoms with E-state index < -0.39 is 0 Å². The molecule has 1 amide bonds.